The Morgan fingerprint density at radius 3 is 2.84 bits per heavy atom. The molecule has 3 rings (SSSR count). The molecule has 0 saturated heterocycles. The summed E-state index contributed by atoms with van der Waals surface area (Å²) in [4.78, 5) is 0. The van der Waals surface area contributed by atoms with Crippen LogP contribution in [0, 0.1) is 28.6 Å². The molecule has 1 aromatic rings. The molecular weight excluding hydrogens is 234 g/mol. The second kappa shape index (κ2) is 4.00. The molecule has 0 N–H and O–H groups in total. The Balaban J connectivity index is 1.87. The minimum Gasteiger partial charge on any atom is -0.486 e. The zero-order valence-electron chi connectivity index (χ0n) is 11.9. The normalized spacial score (nSPS) is 35.1. The van der Waals surface area contributed by atoms with Crippen LogP contribution in [0.2, 0.25) is 0 Å². The van der Waals surface area contributed by atoms with Gasteiger partial charge in [0.15, 0.2) is 0 Å². The number of hydrogen-bond acceptors (Lipinski definition) is 2. The van der Waals surface area contributed by atoms with E-state index in [0.29, 0.717) is 11.5 Å². The van der Waals surface area contributed by atoms with Gasteiger partial charge in [-0.25, -0.2) is 0 Å². The zero-order chi connectivity index (χ0) is 13.7. The SMILES string of the molecule is CC1CCC2C(C)(C)C2(Oc2cccc(C#N)c2)C1. The van der Waals surface area contributed by atoms with Crippen molar-refractivity contribution in [1.29, 1.82) is 5.26 Å². The van der Waals surface area contributed by atoms with Crippen molar-refractivity contribution in [2.45, 2.75) is 45.6 Å². The van der Waals surface area contributed by atoms with Crippen LogP contribution in [0.15, 0.2) is 24.3 Å². The lowest BCUT2D eigenvalue weighted by molar-refractivity contribution is 0.0847. The van der Waals surface area contributed by atoms with Crippen molar-refractivity contribution in [3.63, 3.8) is 0 Å². The molecular formula is C17H21NO. The van der Waals surface area contributed by atoms with Crippen LogP contribution < -0.4 is 4.74 Å². The van der Waals surface area contributed by atoms with E-state index in [1.807, 2.05) is 24.3 Å². The third-order valence-electron chi connectivity index (χ3n) is 5.30. The fraction of sp³-hybridized carbons (Fsp3) is 0.588. The van der Waals surface area contributed by atoms with Crippen molar-refractivity contribution >= 4 is 0 Å². The van der Waals surface area contributed by atoms with Crippen molar-refractivity contribution in [3.05, 3.63) is 29.8 Å². The van der Waals surface area contributed by atoms with E-state index < -0.39 is 0 Å². The van der Waals surface area contributed by atoms with Gasteiger partial charge in [-0.15, -0.1) is 0 Å². The third-order valence-corrected chi connectivity index (χ3v) is 5.30. The van der Waals surface area contributed by atoms with E-state index in [-0.39, 0.29) is 11.0 Å². The molecule has 2 aliphatic rings. The van der Waals surface area contributed by atoms with Crippen molar-refractivity contribution in [1.82, 2.24) is 0 Å². The average molecular weight is 255 g/mol. The van der Waals surface area contributed by atoms with E-state index in [9.17, 15) is 0 Å². The molecule has 1 aromatic carbocycles. The highest BCUT2D eigenvalue weighted by Gasteiger charge is 2.74. The summed E-state index contributed by atoms with van der Waals surface area (Å²) in [7, 11) is 0. The maximum atomic E-state index is 8.98. The molecule has 2 saturated carbocycles. The summed E-state index contributed by atoms with van der Waals surface area (Å²) < 4.78 is 6.39. The Labute approximate surface area is 115 Å². The van der Waals surface area contributed by atoms with Gasteiger partial charge >= 0.3 is 0 Å². The smallest absolute Gasteiger partial charge is 0.121 e. The lowest BCUT2D eigenvalue weighted by Crippen LogP contribution is -2.30. The average Bonchev–Trinajstić information content (AvgIpc) is 2.84. The second-order valence-corrected chi connectivity index (χ2v) is 6.79. The summed E-state index contributed by atoms with van der Waals surface area (Å²) in [6.07, 6.45) is 3.73. The standard InChI is InChI=1S/C17H21NO/c1-12-7-8-15-16(2,3)17(15,10-12)19-14-6-4-5-13(9-14)11-18/h4-6,9,12,15H,7-8,10H2,1-3H3. The summed E-state index contributed by atoms with van der Waals surface area (Å²) in [5, 5.41) is 8.98. The van der Waals surface area contributed by atoms with E-state index in [4.69, 9.17) is 10.00 Å². The monoisotopic (exact) mass is 255 g/mol. The highest BCUT2D eigenvalue weighted by molar-refractivity contribution is 5.38. The summed E-state index contributed by atoms with van der Waals surface area (Å²) in [6.45, 7) is 6.97. The van der Waals surface area contributed by atoms with Gasteiger partial charge < -0.3 is 4.74 Å². The van der Waals surface area contributed by atoms with Gasteiger partial charge in [0.1, 0.15) is 11.4 Å². The first-order chi connectivity index (χ1) is 8.99. The zero-order valence-corrected chi connectivity index (χ0v) is 11.9. The minimum atomic E-state index is -0.00124. The summed E-state index contributed by atoms with van der Waals surface area (Å²) in [5.74, 6) is 2.25. The van der Waals surface area contributed by atoms with Crippen LogP contribution in [-0.2, 0) is 0 Å². The lowest BCUT2D eigenvalue weighted by atomic mass is 9.88. The predicted molar refractivity (Wildman–Crippen MR) is 74.8 cm³/mol. The number of nitriles is 1. The summed E-state index contributed by atoms with van der Waals surface area (Å²) >= 11 is 0. The molecule has 0 aliphatic heterocycles. The number of fused-ring (bicyclic) bond motifs is 1. The summed E-state index contributed by atoms with van der Waals surface area (Å²) in [5.41, 5.74) is 0.937. The second-order valence-electron chi connectivity index (χ2n) is 6.79. The van der Waals surface area contributed by atoms with Crippen LogP contribution in [0.3, 0.4) is 0 Å². The van der Waals surface area contributed by atoms with Crippen LogP contribution in [0.4, 0.5) is 0 Å². The van der Waals surface area contributed by atoms with Gasteiger partial charge in [0.25, 0.3) is 0 Å². The molecule has 2 heteroatoms. The molecule has 100 valence electrons. The van der Waals surface area contributed by atoms with Crippen LogP contribution in [0.5, 0.6) is 5.75 Å². The Kier molecular flexibility index (Phi) is 2.64. The van der Waals surface area contributed by atoms with Gasteiger partial charge in [-0.3, -0.25) is 0 Å². The first kappa shape index (κ1) is 12.5. The van der Waals surface area contributed by atoms with Crippen molar-refractivity contribution < 1.29 is 4.74 Å². The molecule has 0 spiro atoms. The molecule has 2 nitrogen and oxygen atoms in total. The van der Waals surface area contributed by atoms with Gasteiger partial charge in [0, 0.05) is 11.3 Å². The predicted octanol–water partition coefficient (Wildman–Crippen LogP) is 4.15. The van der Waals surface area contributed by atoms with E-state index >= 15 is 0 Å². The Bertz CT molecular complexity index is 542. The number of hydrogen-bond donors (Lipinski definition) is 0. The molecule has 0 bridgehead atoms. The molecule has 0 radical (unpaired) electrons. The van der Waals surface area contributed by atoms with E-state index in [1.165, 1.54) is 12.8 Å². The molecule has 2 aliphatic carbocycles. The van der Waals surface area contributed by atoms with Gasteiger partial charge in [-0.05, 0) is 37.0 Å². The summed E-state index contributed by atoms with van der Waals surface area (Å²) in [6, 6.07) is 9.74. The highest BCUT2D eigenvalue weighted by Crippen LogP contribution is 2.70. The maximum Gasteiger partial charge on any atom is 0.121 e. The highest BCUT2D eigenvalue weighted by atomic mass is 16.5. The van der Waals surface area contributed by atoms with E-state index in [0.717, 1.165) is 18.1 Å². The van der Waals surface area contributed by atoms with E-state index in [1.54, 1.807) is 0 Å². The van der Waals surface area contributed by atoms with Crippen molar-refractivity contribution in [3.8, 4) is 11.8 Å². The van der Waals surface area contributed by atoms with Crippen LogP contribution in [0.1, 0.15) is 45.6 Å². The molecule has 3 atom stereocenters. The quantitative estimate of drug-likeness (QED) is 0.795. The van der Waals surface area contributed by atoms with E-state index in [2.05, 4.69) is 26.8 Å². The minimum absolute atomic E-state index is 0.00124. The van der Waals surface area contributed by atoms with Crippen LogP contribution >= 0.6 is 0 Å². The van der Waals surface area contributed by atoms with Crippen molar-refractivity contribution in [2.24, 2.45) is 17.3 Å². The lowest BCUT2D eigenvalue weighted by Gasteiger charge is -2.29. The fourth-order valence-corrected chi connectivity index (χ4v) is 4.08. The van der Waals surface area contributed by atoms with Gasteiger partial charge in [-0.2, -0.15) is 5.26 Å². The first-order valence-corrected chi connectivity index (χ1v) is 7.19. The molecule has 0 aromatic heterocycles. The Morgan fingerprint density at radius 2 is 2.11 bits per heavy atom. The topological polar surface area (TPSA) is 33.0 Å². The fourth-order valence-electron chi connectivity index (χ4n) is 4.08. The van der Waals surface area contributed by atoms with Crippen LogP contribution in [-0.4, -0.2) is 5.60 Å². The number of rotatable bonds is 2. The third kappa shape index (κ3) is 1.75. The molecule has 2 fully saturated rings. The number of nitrogens with zero attached hydrogens (tertiary/aromatic N) is 1. The maximum absolute atomic E-state index is 8.98. The van der Waals surface area contributed by atoms with Gasteiger partial charge in [0.05, 0.1) is 11.6 Å². The number of ether oxygens (including phenoxy) is 1. The largest absolute Gasteiger partial charge is 0.486 e. The first-order valence-electron chi connectivity index (χ1n) is 7.19. The molecule has 0 amide bonds. The Hall–Kier alpha value is -1.49. The Morgan fingerprint density at radius 1 is 1.32 bits per heavy atom. The van der Waals surface area contributed by atoms with Crippen LogP contribution in [0.25, 0.3) is 0 Å². The van der Waals surface area contributed by atoms with Gasteiger partial charge in [0.2, 0.25) is 0 Å². The van der Waals surface area contributed by atoms with Gasteiger partial charge in [-0.1, -0.05) is 33.3 Å². The molecule has 0 heterocycles. The van der Waals surface area contributed by atoms with Crippen molar-refractivity contribution in [2.75, 3.05) is 0 Å². The molecule has 3 unspecified atom stereocenters. The molecule has 19 heavy (non-hydrogen) atoms. The number of benzene rings is 1.